The second-order valence-electron chi connectivity index (χ2n) is 11.8. The van der Waals surface area contributed by atoms with Crippen LogP contribution in [0.15, 0.2) is 11.6 Å². The number of allylic oxidation sites excluding steroid dienone is 2. The zero-order valence-corrected chi connectivity index (χ0v) is 13.0. The molecular formula is C17H18FeO2. The van der Waals surface area contributed by atoms with E-state index in [9.17, 15) is 9.59 Å². The van der Waals surface area contributed by atoms with Crippen molar-refractivity contribution in [3.63, 3.8) is 0 Å². The predicted molar refractivity (Wildman–Crippen MR) is 70.5 cm³/mol. The van der Waals surface area contributed by atoms with Crippen LogP contribution in [0.25, 0.3) is 0 Å². The summed E-state index contributed by atoms with van der Waals surface area (Å²) in [5, 5.41) is 0. The van der Waals surface area contributed by atoms with Crippen LogP contribution in [0.1, 0.15) is 20.8 Å². The van der Waals surface area contributed by atoms with Gasteiger partial charge in [-0.2, -0.15) is 0 Å². The number of hydrogen-bond donors (Lipinski definition) is 0. The van der Waals surface area contributed by atoms with E-state index in [4.69, 9.17) is 0 Å². The fraction of sp³-hybridized carbons (Fsp3) is 0.765. The molecule has 1 spiro atoms. The number of fused-ring (bicyclic) bond motifs is 10. The first kappa shape index (κ1) is 8.29. The monoisotopic (exact) mass is 310 g/mol. The van der Waals surface area contributed by atoms with Gasteiger partial charge in [-0.1, -0.05) is 0 Å². The molecule has 0 radical (unpaired) electrons. The molecule has 0 aromatic carbocycles. The first-order chi connectivity index (χ1) is 9.21. The Hall–Kier alpha value is -0.401. The molecule has 10 rings (SSSR count). The van der Waals surface area contributed by atoms with Crippen molar-refractivity contribution in [2.24, 2.45) is 0 Å². The standard InChI is InChI=1S/C10H11O.C7H7O.Fe/c1-8(7-9(2)11)10-5-3-4-6-10;1-6(8)7-4-2-3-5-7;/h3-7H,1-2H3;2-5H,1H3;. The van der Waals surface area contributed by atoms with E-state index in [2.05, 4.69) is 6.92 Å². The van der Waals surface area contributed by atoms with Crippen molar-refractivity contribution in [3.8, 4) is 0 Å². The average molecular weight is 310 g/mol. The van der Waals surface area contributed by atoms with Crippen LogP contribution < -0.4 is 0 Å². The van der Waals surface area contributed by atoms with Gasteiger partial charge in [-0.05, 0) is 0 Å². The summed E-state index contributed by atoms with van der Waals surface area (Å²) < 4.78 is 0.881. The molecule has 8 atom stereocenters. The number of ketones is 2. The molecule has 2 nitrogen and oxygen atoms in total. The minimum absolute atomic E-state index is 0.232. The van der Waals surface area contributed by atoms with Crippen molar-refractivity contribution < 1.29 is 16.1 Å². The molecule has 10 fully saturated rings. The molecule has 0 aromatic heterocycles. The zero-order chi connectivity index (χ0) is 13.4. The molecule has 0 amide bonds. The molecule has 10 aliphatic heterocycles. The van der Waals surface area contributed by atoms with Crippen LogP contribution in [0, 0.1) is 0 Å². The van der Waals surface area contributed by atoms with Crippen LogP contribution in [0.2, 0.25) is 47.2 Å². The van der Waals surface area contributed by atoms with Gasteiger partial charge in [0.2, 0.25) is 0 Å². The van der Waals surface area contributed by atoms with E-state index in [-0.39, 0.29) is 5.78 Å². The fourth-order valence-electron chi connectivity index (χ4n) is 19.0. The Morgan fingerprint density at radius 3 is 1.60 bits per heavy atom. The third kappa shape index (κ3) is 0.0831. The van der Waals surface area contributed by atoms with Crippen LogP contribution >= 0.6 is 0 Å². The van der Waals surface area contributed by atoms with E-state index in [0.717, 1.165) is 38.5 Å². The number of carbonyl (C=O) groups is 2. The van der Waals surface area contributed by atoms with Crippen LogP contribution in [0.3, 0.4) is 0 Å². The van der Waals surface area contributed by atoms with Crippen molar-refractivity contribution in [2.75, 3.05) is 0 Å². The van der Waals surface area contributed by atoms with E-state index < -0.39 is 6.51 Å². The van der Waals surface area contributed by atoms with E-state index in [1.165, 1.54) is 5.57 Å². The average Bonchev–Trinajstić information content (AvgIpc) is 3.31. The maximum absolute atomic E-state index is 12.7. The van der Waals surface area contributed by atoms with Crippen molar-refractivity contribution in [2.45, 2.75) is 67.9 Å². The molecule has 106 valence electrons. The van der Waals surface area contributed by atoms with Gasteiger partial charge in [0, 0.05) is 0 Å². The Morgan fingerprint density at radius 1 is 0.850 bits per heavy atom. The summed E-state index contributed by atoms with van der Waals surface area (Å²) in [6, 6.07) is 0. The van der Waals surface area contributed by atoms with Crippen LogP contribution in [0.5, 0.6) is 0 Å². The Bertz CT molecular complexity index is 1210. The molecule has 0 saturated carbocycles. The minimum atomic E-state index is -3.57. The van der Waals surface area contributed by atoms with Crippen LogP contribution in [-0.4, -0.2) is 11.6 Å². The summed E-state index contributed by atoms with van der Waals surface area (Å²) in [6.07, 6.45) is 1.98. The van der Waals surface area contributed by atoms with Gasteiger partial charge >= 0.3 is 107 Å². The number of hydrogen-bond acceptors (Lipinski definition) is 2. The SMILES string of the molecule is CC(=O)C=C(C)[C]12[CH]3[CH]4[CH]5[CH]1[Fe]45321678[CH]2[CH]1[CH]6[C]7(C(C)=O)[CH]28. The summed E-state index contributed by atoms with van der Waals surface area (Å²) in [5.74, 6) is 0.856. The topological polar surface area (TPSA) is 34.1 Å². The first-order valence-electron chi connectivity index (χ1n) is 8.13. The van der Waals surface area contributed by atoms with E-state index in [0.29, 0.717) is 14.4 Å². The molecule has 10 heterocycles. The third-order valence-corrected chi connectivity index (χ3v) is 59.3. The Balaban J connectivity index is 1.55. The van der Waals surface area contributed by atoms with E-state index >= 15 is 0 Å². The van der Waals surface area contributed by atoms with Crippen molar-refractivity contribution in [1.82, 2.24) is 0 Å². The fourth-order valence-corrected chi connectivity index (χ4v) is 96.2. The quantitative estimate of drug-likeness (QED) is 0.577. The molecule has 10 saturated heterocycles. The van der Waals surface area contributed by atoms with Crippen molar-refractivity contribution in [3.05, 3.63) is 11.6 Å². The predicted octanol–water partition coefficient (Wildman–Crippen LogP) is 4.24. The van der Waals surface area contributed by atoms with Crippen LogP contribution in [-0.2, 0) is 16.1 Å². The molecule has 20 heavy (non-hydrogen) atoms. The van der Waals surface area contributed by atoms with Gasteiger partial charge < -0.3 is 0 Å². The molecule has 8 unspecified atom stereocenters. The Morgan fingerprint density at radius 2 is 1.30 bits per heavy atom. The number of rotatable bonds is 3. The summed E-state index contributed by atoms with van der Waals surface area (Å²) in [6.45, 7) is 2.35. The maximum atomic E-state index is 12.7. The summed E-state index contributed by atoms with van der Waals surface area (Å²) in [4.78, 5) is 32.9. The Labute approximate surface area is 107 Å². The summed E-state index contributed by atoms with van der Waals surface area (Å²) in [7, 11) is 0. The molecule has 0 aromatic rings. The zero-order valence-electron chi connectivity index (χ0n) is 11.9. The van der Waals surface area contributed by atoms with Crippen molar-refractivity contribution >= 4 is 11.6 Å². The van der Waals surface area contributed by atoms with E-state index in [1.54, 1.807) is 6.92 Å². The van der Waals surface area contributed by atoms with Crippen LogP contribution in [0.4, 0.5) is 0 Å². The number of Topliss-reactive ketones (excluding diaryl/α,β-unsaturated/α-hetero) is 1. The van der Waals surface area contributed by atoms with Gasteiger partial charge in [-0.25, -0.2) is 0 Å². The molecule has 0 aliphatic carbocycles. The van der Waals surface area contributed by atoms with Gasteiger partial charge in [0.1, 0.15) is 0 Å². The van der Waals surface area contributed by atoms with Gasteiger partial charge in [0.25, 0.3) is 0 Å². The normalized spacial score (nSPS) is 107. The third-order valence-electron chi connectivity index (χ3n) is 16.4. The van der Waals surface area contributed by atoms with Gasteiger partial charge in [-0.15, -0.1) is 0 Å². The summed E-state index contributed by atoms with van der Waals surface area (Å²) in [5.41, 5.74) is 1.47. The van der Waals surface area contributed by atoms with Gasteiger partial charge in [0.15, 0.2) is 0 Å². The summed E-state index contributed by atoms with van der Waals surface area (Å²) >= 11 is 0. The first-order valence-corrected chi connectivity index (χ1v) is 14.3. The molecule has 0 bridgehead atoms. The van der Waals surface area contributed by atoms with Gasteiger partial charge in [0.05, 0.1) is 0 Å². The number of carbonyl (C=O) groups excluding carboxylic acids is 2. The van der Waals surface area contributed by atoms with Crippen molar-refractivity contribution in [1.29, 1.82) is 0 Å². The molecular weight excluding hydrogens is 292 g/mol. The second kappa shape index (κ2) is 0.702. The van der Waals surface area contributed by atoms with E-state index in [1.807, 2.05) is 13.0 Å². The molecule has 0 N–H and O–H groups in total. The second-order valence-corrected chi connectivity index (χ2v) is 35.0. The van der Waals surface area contributed by atoms with Gasteiger partial charge in [-0.3, -0.25) is 0 Å². The molecule has 10 aliphatic rings. The molecule has 3 heteroatoms. The Kier molecular flexibility index (Phi) is 0.291.